The van der Waals surface area contributed by atoms with E-state index in [-0.39, 0.29) is 4.57 Å². The third-order valence-corrected chi connectivity index (χ3v) is 22.7. The molecule has 3 heterocycles. The topological polar surface area (TPSA) is 14.8 Å². The molecular formula is C84H59N3Si2. The Labute approximate surface area is 602 Å². The SMILES string of the molecule is [2H]c1c([2H])c([2H])c([Si](c2c([2H])c([2H])c([2H])c([2H])c2[2H])(c2c([2H])c([2H])c([2H])c([2H])c2[2H])c2c([2H])c(-n3c4c([2H])c([2H])c([2H])c([2H])c4c4c([2H])c(-n5c6c([2H])c([2H])c([2H])c([2H])c6c6c([2H])c(-c7c([2H])c([2H])c([2H])c([2H])c7-n7c8c([2H])c([2H])c([2H])c([2H])c8c8c([2H])c([2H])c([2H])c([2H])c87)c([2H])c([2H])c65)c([2H])c([2H])c43)c([2H])c([Si](c3c([2H])c([2H])c([2H])c([2H])c3[2H])(c3c([2H])c([2H])c([2H])c([2H])c3[2H])c3c([2H])c([2H])c([2H])c([2H])c3[2H])c2[2H])c([2H])c1[2H]. The molecule has 0 saturated heterocycles. The maximum atomic E-state index is 11.8. The molecule has 0 spiro atoms. The lowest BCUT2D eigenvalue weighted by Gasteiger charge is -2.38. The highest BCUT2D eigenvalue weighted by molar-refractivity contribution is 7.22. The highest BCUT2D eigenvalue weighted by Gasteiger charge is 2.46. The Morgan fingerprint density at radius 2 is 0.506 bits per heavy atom. The Bertz CT molecular complexity index is 8380. The van der Waals surface area contributed by atoms with Crippen molar-refractivity contribution in [2.45, 2.75) is 0 Å². The zero-order valence-electron chi connectivity index (χ0n) is 103. The first-order chi connectivity index (χ1) is 68.7. The Hall–Kier alpha value is -11.1. The lowest BCUT2D eigenvalue weighted by atomic mass is 10.0. The molecule has 3 nitrogen and oxygen atoms in total. The molecule has 0 unspecified atom stereocenters. The van der Waals surface area contributed by atoms with Gasteiger partial charge in [-0.1, -0.05) is 284 Å². The summed E-state index contributed by atoms with van der Waals surface area (Å²) in [7, 11) is -15.4. The molecule has 0 saturated carbocycles. The summed E-state index contributed by atoms with van der Waals surface area (Å²) in [5.41, 5.74) is -13.7. The third-order valence-electron chi connectivity index (χ3n) is 14.7. The van der Waals surface area contributed by atoms with E-state index in [2.05, 4.69) is 0 Å². The molecule has 0 aliphatic carbocycles. The molecule has 418 valence electrons. The monoisotopic (exact) mass is 1220 g/mol. The molecule has 3 aromatic heterocycles. The minimum atomic E-state index is -7.72. The number of hydrogen-bond donors (Lipinski definition) is 0. The van der Waals surface area contributed by atoms with E-state index in [0.29, 0.717) is 9.13 Å². The fraction of sp³-hybridized carbons (Fsp3) is 0. The second kappa shape index (κ2) is 21.4. The summed E-state index contributed by atoms with van der Waals surface area (Å²) < 4.78 is 581. The molecule has 0 bridgehead atoms. The summed E-state index contributed by atoms with van der Waals surface area (Å²) >= 11 is 0. The summed E-state index contributed by atoms with van der Waals surface area (Å²) in [5.74, 6) is 0. The van der Waals surface area contributed by atoms with Gasteiger partial charge in [0.2, 0.25) is 0 Å². The minimum absolute atomic E-state index is 0.106. The number of rotatable bonds is 12. The standard InChI is InChI=1S/C84H59N3Si2/c1-7-29-63(30-8-1)88(64-31-9-2-10-32-64,65-33-11-3-12-34-65)69-56-62(57-70(59-69)89(66-35-13-4-14-36-66,67-37-15-5-16-38-67)68-39-17-6-18-40-68)86-80-48-26-23-45-75(80)77-58-61(52-54-84(77)86)85-79-47-25-22-44-74(79)76-55-60(51-53-83(76)85)71-41-19-24-46-78(71)87-81-49-27-20-42-72(81)73-43-21-28-50-82(73)87/h1-59H/i1D,2D,3D,4D,5D,6D,7D,8D,9D,10D,11D,12D,13D,14D,15D,16D,17D,18D,19D,20D,21D,22D,23D,24D,25D,26D,27D,28D,29D,30D,31D,32D,33D,34D,35D,36D,37D,38D,39D,40D,41D,42D,43D,44D,45D,46D,47D,48D,49D,50D,51D,52D,53D,54D,55D,56D,57D,58D,59D. The van der Waals surface area contributed by atoms with E-state index in [4.69, 9.17) is 15.1 Å². The van der Waals surface area contributed by atoms with Gasteiger partial charge in [0, 0.05) is 49.3 Å². The van der Waals surface area contributed by atoms with Crippen molar-refractivity contribution in [3.63, 3.8) is 0 Å². The highest BCUT2D eigenvalue weighted by Crippen LogP contribution is 2.41. The Morgan fingerprint density at radius 3 is 0.921 bits per heavy atom. The number of para-hydroxylation sites is 5. The van der Waals surface area contributed by atoms with Crippen LogP contribution in [0.2, 0.25) is 0 Å². The first kappa shape index (κ1) is 19.7. The molecule has 0 N–H and O–H groups in total. The van der Waals surface area contributed by atoms with Gasteiger partial charge in [-0.25, -0.2) is 0 Å². The molecule has 0 aliphatic heterocycles. The number of benzene rings is 14. The highest BCUT2D eigenvalue weighted by atomic mass is 28.3. The van der Waals surface area contributed by atoms with E-state index in [1.54, 1.807) is 0 Å². The van der Waals surface area contributed by atoms with E-state index < -0.39 is 508 Å². The Kier molecular flexibility index (Phi) is 4.74. The van der Waals surface area contributed by atoms with Gasteiger partial charge in [-0.2, -0.15) is 0 Å². The van der Waals surface area contributed by atoms with Gasteiger partial charge in [-0.3, -0.25) is 0 Å². The molecule has 14 aromatic carbocycles. The minimum Gasteiger partial charge on any atom is -0.309 e. The fourth-order valence-corrected chi connectivity index (χ4v) is 18.4. The first-order valence-electron chi connectivity index (χ1n) is 55.5. The fourth-order valence-electron chi connectivity index (χ4n) is 11.1. The molecule has 89 heavy (non-hydrogen) atoms. The molecule has 0 radical (unpaired) electrons. The summed E-state index contributed by atoms with van der Waals surface area (Å²) in [4.78, 5) is 0. The van der Waals surface area contributed by atoms with Crippen LogP contribution in [0.4, 0.5) is 0 Å². The van der Waals surface area contributed by atoms with Gasteiger partial charge in [-0.15, -0.1) is 0 Å². The average Bonchev–Trinajstić information content (AvgIpc) is 0.825. The van der Waals surface area contributed by atoms with Crippen LogP contribution < -0.4 is 41.5 Å². The van der Waals surface area contributed by atoms with Crippen molar-refractivity contribution in [1.29, 1.82) is 0 Å². The van der Waals surface area contributed by atoms with E-state index in [0.717, 1.165) is 0 Å². The van der Waals surface area contributed by atoms with E-state index in [1.807, 2.05) is 0 Å². The quantitative estimate of drug-likeness (QED) is 0.0855. The van der Waals surface area contributed by atoms with Crippen LogP contribution in [0, 0.1) is 0 Å². The van der Waals surface area contributed by atoms with Crippen LogP contribution in [0.15, 0.2) is 357 Å². The number of nitrogens with zero attached hydrogens (tertiary/aromatic N) is 3. The van der Waals surface area contributed by atoms with Gasteiger partial charge in [0.1, 0.15) is 0 Å². The molecule has 0 atom stereocenters. The van der Waals surface area contributed by atoms with Crippen LogP contribution in [0.3, 0.4) is 0 Å². The molecule has 0 fully saturated rings. The lowest BCUT2D eigenvalue weighted by Crippen LogP contribution is -2.78. The lowest BCUT2D eigenvalue weighted by molar-refractivity contribution is 1.17. The molecule has 17 aromatic rings. The van der Waals surface area contributed by atoms with Crippen molar-refractivity contribution in [3.8, 4) is 28.2 Å². The molecular weight excluding hydrogens is 1110 g/mol. The maximum Gasteiger partial charge on any atom is 0.179 e. The normalized spacial score (nSPS) is 21.3. The van der Waals surface area contributed by atoms with Gasteiger partial charge >= 0.3 is 0 Å². The van der Waals surface area contributed by atoms with Crippen LogP contribution in [0.25, 0.3) is 93.6 Å². The van der Waals surface area contributed by atoms with E-state index in [1.165, 1.54) is 0 Å². The van der Waals surface area contributed by atoms with Crippen molar-refractivity contribution < 1.29 is 80.9 Å². The van der Waals surface area contributed by atoms with Crippen molar-refractivity contribution in [1.82, 2.24) is 13.7 Å². The molecule has 0 amide bonds. The van der Waals surface area contributed by atoms with Crippen LogP contribution in [0.1, 0.15) is 80.9 Å². The average molecular weight is 1230 g/mol. The Balaban J connectivity index is 1.20. The smallest absolute Gasteiger partial charge is 0.179 e. The summed E-state index contributed by atoms with van der Waals surface area (Å²) in [6.07, 6.45) is 0. The number of aromatic nitrogens is 3. The van der Waals surface area contributed by atoms with Crippen LogP contribution in [-0.2, 0) is 0 Å². The van der Waals surface area contributed by atoms with E-state index >= 15 is 0 Å². The predicted molar refractivity (Wildman–Crippen MR) is 382 cm³/mol. The van der Waals surface area contributed by atoms with E-state index in [9.17, 15) is 65.8 Å². The molecule has 0 aliphatic rings. The maximum absolute atomic E-state index is 11.8. The zero-order valence-corrected chi connectivity index (χ0v) is 46.3. The number of hydrogen-bond acceptors (Lipinski definition) is 0. The molecule has 5 heteroatoms. The van der Waals surface area contributed by atoms with Crippen molar-refractivity contribution in [2.75, 3.05) is 0 Å². The largest absolute Gasteiger partial charge is 0.309 e. The van der Waals surface area contributed by atoms with Crippen LogP contribution in [0.5, 0.6) is 0 Å². The molecule has 17 rings (SSSR count). The van der Waals surface area contributed by atoms with Gasteiger partial charge in [0.15, 0.2) is 16.1 Å². The van der Waals surface area contributed by atoms with Gasteiger partial charge in [0.05, 0.1) is 120 Å². The predicted octanol–water partition coefficient (Wildman–Crippen LogP) is 15.4. The van der Waals surface area contributed by atoms with Crippen molar-refractivity contribution in [2.24, 2.45) is 0 Å². The van der Waals surface area contributed by atoms with Crippen LogP contribution >= 0.6 is 0 Å². The van der Waals surface area contributed by atoms with Crippen molar-refractivity contribution >= 4 is 123 Å². The third kappa shape index (κ3) is 8.17. The second-order valence-corrected chi connectivity index (χ2v) is 26.0. The van der Waals surface area contributed by atoms with Crippen LogP contribution in [-0.4, -0.2) is 29.8 Å². The van der Waals surface area contributed by atoms with Gasteiger partial charge < -0.3 is 13.7 Å². The first-order valence-corrected chi connectivity index (χ1v) is 30.0. The number of fused-ring (bicyclic) bond motifs is 9. The Morgan fingerprint density at radius 1 is 0.202 bits per heavy atom. The summed E-state index contributed by atoms with van der Waals surface area (Å²) in [5, 5.41) is -20.4. The summed E-state index contributed by atoms with van der Waals surface area (Å²) in [6, 6.07) is -89.2. The van der Waals surface area contributed by atoms with Gasteiger partial charge in [0.25, 0.3) is 0 Å². The second-order valence-electron chi connectivity index (χ2n) is 19.0. The zero-order chi connectivity index (χ0) is 110. The van der Waals surface area contributed by atoms with Crippen molar-refractivity contribution in [3.05, 3.63) is 357 Å². The van der Waals surface area contributed by atoms with Gasteiger partial charge in [-0.05, 0) is 120 Å². The summed E-state index contributed by atoms with van der Waals surface area (Å²) in [6.45, 7) is 0.